The van der Waals surface area contributed by atoms with Gasteiger partial charge in [0.25, 0.3) is 0 Å². The summed E-state index contributed by atoms with van der Waals surface area (Å²) in [5.41, 5.74) is 0.582. The molecule has 0 atom stereocenters. The van der Waals surface area contributed by atoms with Crippen molar-refractivity contribution in [2.75, 3.05) is 7.11 Å². The van der Waals surface area contributed by atoms with Gasteiger partial charge in [-0.25, -0.2) is 4.79 Å². The number of methoxy groups -OCH3 is 1. The van der Waals surface area contributed by atoms with Crippen molar-refractivity contribution in [1.82, 2.24) is 0 Å². The lowest BCUT2D eigenvalue weighted by molar-refractivity contribution is 0.0600. The Morgan fingerprint density at radius 3 is 2.69 bits per heavy atom. The van der Waals surface area contributed by atoms with E-state index in [1.54, 1.807) is 6.07 Å². The van der Waals surface area contributed by atoms with Crippen LogP contribution in [0.5, 0.6) is 0 Å². The van der Waals surface area contributed by atoms with Crippen molar-refractivity contribution >= 4 is 65.1 Å². The summed E-state index contributed by atoms with van der Waals surface area (Å²) in [6.45, 7) is 0. The normalized spacial score (nSPS) is 10.5. The fraction of sp³-hybridized carbons (Fsp3) is 0.286. The van der Waals surface area contributed by atoms with Gasteiger partial charge in [-0.2, -0.15) is 0 Å². The van der Waals surface area contributed by atoms with E-state index in [0.717, 1.165) is 8.66 Å². The van der Waals surface area contributed by atoms with Crippen LogP contribution in [0.1, 0.15) is 19.0 Å². The monoisotopic (exact) mass is 390 g/mol. The summed E-state index contributed by atoms with van der Waals surface area (Å²) in [6, 6.07) is 1.75. The smallest absolute Gasteiger partial charge is 0.339 e. The van der Waals surface area contributed by atoms with Crippen LogP contribution in [0.25, 0.3) is 0 Å². The second-order valence-electron chi connectivity index (χ2n) is 2.12. The molecule has 0 bridgehead atoms. The molecule has 0 unspecified atom stereocenters. The van der Waals surface area contributed by atoms with Gasteiger partial charge in [-0.05, 0) is 22.0 Å². The Morgan fingerprint density at radius 2 is 2.23 bits per heavy atom. The van der Waals surface area contributed by atoms with Crippen molar-refractivity contribution < 1.29 is 9.53 Å². The standard InChI is InChI=1S/C7H5Br3O2S/c1-12-7(11)3-2-4(8)13-5(3)6(9)10/h2,6H,1H3. The first kappa shape index (κ1) is 11.7. The molecule has 0 radical (unpaired) electrons. The van der Waals surface area contributed by atoms with E-state index in [1.807, 2.05) is 0 Å². The van der Waals surface area contributed by atoms with Crippen LogP contribution < -0.4 is 0 Å². The van der Waals surface area contributed by atoms with E-state index >= 15 is 0 Å². The van der Waals surface area contributed by atoms with Gasteiger partial charge in [0.2, 0.25) is 0 Å². The minimum absolute atomic E-state index is 0.0228. The highest BCUT2D eigenvalue weighted by Gasteiger charge is 2.19. The third-order valence-corrected chi connectivity index (χ3v) is 4.56. The third kappa shape index (κ3) is 2.78. The van der Waals surface area contributed by atoms with E-state index in [-0.39, 0.29) is 9.71 Å². The molecule has 0 saturated heterocycles. The number of rotatable bonds is 2. The first-order chi connectivity index (χ1) is 6.06. The summed E-state index contributed by atoms with van der Waals surface area (Å²) < 4.78 is 5.53. The zero-order valence-corrected chi connectivity index (χ0v) is 12.1. The van der Waals surface area contributed by atoms with Gasteiger partial charge in [0, 0.05) is 4.88 Å². The summed E-state index contributed by atoms with van der Waals surface area (Å²) in [5, 5.41) is 0. The van der Waals surface area contributed by atoms with Gasteiger partial charge in [-0.1, -0.05) is 31.9 Å². The molecule has 1 aromatic rings. The predicted octanol–water partition coefficient (Wildman–Crippen LogP) is 4.09. The van der Waals surface area contributed by atoms with Crippen LogP contribution >= 0.6 is 59.1 Å². The van der Waals surface area contributed by atoms with Gasteiger partial charge >= 0.3 is 5.97 Å². The third-order valence-electron chi connectivity index (χ3n) is 1.33. The number of carbonyl (C=O) groups is 1. The minimum atomic E-state index is -0.319. The molecule has 0 aliphatic rings. The Hall–Kier alpha value is 0.610. The molecule has 0 N–H and O–H groups in total. The molecule has 0 aliphatic carbocycles. The molecule has 0 aromatic carbocycles. The van der Waals surface area contributed by atoms with Gasteiger partial charge in [0.1, 0.15) is 3.74 Å². The van der Waals surface area contributed by atoms with Crippen molar-refractivity contribution in [3.05, 3.63) is 20.3 Å². The number of carbonyl (C=O) groups excluding carboxylic acids is 1. The summed E-state index contributed by atoms with van der Waals surface area (Å²) in [7, 11) is 1.37. The average molecular weight is 393 g/mol. The van der Waals surface area contributed by atoms with E-state index < -0.39 is 0 Å². The number of alkyl halides is 2. The van der Waals surface area contributed by atoms with E-state index in [9.17, 15) is 4.79 Å². The molecule has 72 valence electrons. The lowest BCUT2D eigenvalue weighted by Gasteiger charge is -2.01. The fourth-order valence-corrected chi connectivity index (χ4v) is 3.34. The summed E-state index contributed by atoms with van der Waals surface area (Å²) in [6.07, 6.45) is 0. The lowest BCUT2D eigenvalue weighted by Crippen LogP contribution is -2.01. The number of ether oxygens (including phenoxy) is 1. The minimum Gasteiger partial charge on any atom is -0.465 e. The molecule has 6 heteroatoms. The van der Waals surface area contributed by atoms with E-state index in [2.05, 4.69) is 52.5 Å². The van der Waals surface area contributed by atoms with Crippen LogP contribution in [0, 0.1) is 0 Å². The quantitative estimate of drug-likeness (QED) is 0.560. The Morgan fingerprint density at radius 1 is 1.62 bits per heavy atom. The van der Waals surface area contributed by atoms with E-state index in [4.69, 9.17) is 0 Å². The van der Waals surface area contributed by atoms with Gasteiger partial charge in [-0.3, -0.25) is 0 Å². The largest absolute Gasteiger partial charge is 0.465 e. The molecule has 1 aromatic heterocycles. The molecule has 13 heavy (non-hydrogen) atoms. The Balaban J connectivity index is 3.11. The van der Waals surface area contributed by atoms with E-state index in [1.165, 1.54) is 18.4 Å². The zero-order valence-electron chi connectivity index (χ0n) is 6.51. The van der Waals surface area contributed by atoms with Gasteiger partial charge in [0.05, 0.1) is 16.5 Å². The Labute approximate surface area is 105 Å². The number of hydrogen-bond acceptors (Lipinski definition) is 3. The van der Waals surface area contributed by atoms with Gasteiger partial charge in [-0.15, -0.1) is 11.3 Å². The highest BCUT2D eigenvalue weighted by Crippen LogP contribution is 2.39. The molecule has 0 aliphatic heterocycles. The van der Waals surface area contributed by atoms with Crippen molar-refractivity contribution in [1.29, 1.82) is 0 Å². The highest BCUT2D eigenvalue weighted by molar-refractivity contribution is 9.24. The summed E-state index contributed by atoms with van der Waals surface area (Å²) >= 11 is 11.5. The number of thiophene rings is 1. The highest BCUT2D eigenvalue weighted by atomic mass is 79.9. The predicted molar refractivity (Wildman–Crippen MR) is 64.0 cm³/mol. The van der Waals surface area contributed by atoms with Crippen LogP contribution in [0.15, 0.2) is 9.85 Å². The molecule has 0 amide bonds. The van der Waals surface area contributed by atoms with Crippen LogP contribution in [-0.2, 0) is 4.74 Å². The molecule has 0 spiro atoms. The SMILES string of the molecule is COC(=O)c1cc(Br)sc1C(Br)Br. The lowest BCUT2D eigenvalue weighted by atomic mass is 10.3. The van der Waals surface area contributed by atoms with Crippen LogP contribution in [0.3, 0.4) is 0 Å². The maximum absolute atomic E-state index is 11.3. The fourth-order valence-electron chi connectivity index (χ4n) is 0.806. The molecular formula is C7H5Br3O2S. The first-order valence-corrected chi connectivity index (χ1v) is 6.66. The molecule has 0 fully saturated rings. The number of hydrogen-bond donors (Lipinski definition) is 0. The van der Waals surface area contributed by atoms with Crippen molar-refractivity contribution in [3.8, 4) is 0 Å². The first-order valence-electron chi connectivity index (χ1n) is 3.22. The second kappa shape index (κ2) is 4.91. The summed E-state index contributed by atoms with van der Waals surface area (Å²) in [5.74, 6) is -0.319. The zero-order chi connectivity index (χ0) is 10.0. The van der Waals surface area contributed by atoms with Crippen LogP contribution in [0.2, 0.25) is 0 Å². The Kier molecular flexibility index (Phi) is 4.41. The maximum Gasteiger partial charge on any atom is 0.339 e. The van der Waals surface area contributed by atoms with Crippen molar-refractivity contribution in [2.24, 2.45) is 0 Å². The van der Waals surface area contributed by atoms with Gasteiger partial charge in [0.15, 0.2) is 0 Å². The van der Waals surface area contributed by atoms with Gasteiger partial charge < -0.3 is 4.74 Å². The molecule has 2 nitrogen and oxygen atoms in total. The van der Waals surface area contributed by atoms with Crippen LogP contribution in [0.4, 0.5) is 0 Å². The molecule has 1 heterocycles. The van der Waals surface area contributed by atoms with Crippen molar-refractivity contribution in [2.45, 2.75) is 3.74 Å². The topological polar surface area (TPSA) is 26.3 Å². The van der Waals surface area contributed by atoms with Crippen molar-refractivity contribution in [3.63, 3.8) is 0 Å². The van der Waals surface area contributed by atoms with E-state index in [0.29, 0.717) is 5.56 Å². The maximum atomic E-state index is 11.3. The molecular weight excluding hydrogens is 388 g/mol. The second-order valence-corrected chi connectivity index (χ2v) is 7.64. The Bertz CT molecular complexity index is 322. The average Bonchev–Trinajstić information content (AvgIpc) is 2.46. The number of halogens is 3. The number of esters is 1. The summed E-state index contributed by atoms with van der Waals surface area (Å²) in [4.78, 5) is 12.2. The molecule has 1 rings (SSSR count). The molecule has 0 saturated carbocycles. The van der Waals surface area contributed by atoms with Crippen LogP contribution in [-0.4, -0.2) is 13.1 Å².